The Kier molecular flexibility index (Phi) is 4.39. The van der Waals surface area contributed by atoms with Crippen molar-refractivity contribution in [3.63, 3.8) is 0 Å². The minimum absolute atomic E-state index is 0.725. The number of alkyl halides is 3. The van der Waals surface area contributed by atoms with Crippen LogP contribution in [0.25, 0.3) is 0 Å². The van der Waals surface area contributed by atoms with Gasteiger partial charge in [-0.25, -0.2) is 4.39 Å². The van der Waals surface area contributed by atoms with E-state index in [1.165, 1.54) is 13.8 Å². The Labute approximate surface area is 117 Å². The average molecular weight is 296 g/mol. The summed E-state index contributed by atoms with van der Waals surface area (Å²) >= 11 is 0. The van der Waals surface area contributed by atoms with Gasteiger partial charge < -0.3 is 9.31 Å². The summed E-state index contributed by atoms with van der Waals surface area (Å²) in [5, 5.41) is 0. The van der Waals surface area contributed by atoms with Crippen LogP contribution in [0, 0.1) is 5.41 Å². The molecular formula is C13H21BF4O2. The van der Waals surface area contributed by atoms with E-state index < -0.39 is 42.1 Å². The van der Waals surface area contributed by atoms with Crippen molar-refractivity contribution in [2.24, 2.45) is 5.41 Å². The van der Waals surface area contributed by atoms with Crippen LogP contribution in [0.1, 0.15) is 48.0 Å². The minimum Gasteiger partial charge on any atom is -0.398 e. The SMILES string of the molecule is CC(C)(C=C(F)B1OC(C)(C)C(C)(C)O1)CC(F)(F)F. The molecule has 1 saturated heterocycles. The van der Waals surface area contributed by atoms with Crippen LogP contribution < -0.4 is 0 Å². The topological polar surface area (TPSA) is 18.5 Å². The predicted octanol–water partition coefficient (Wildman–Crippen LogP) is 4.45. The third-order valence-electron chi connectivity index (χ3n) is 3.66. The summed E-state index contributed by atoms with van der Waals surface area (Å²) < 4.78 is 62.3. The van der Waals surface area contributed by atoms with Crippen LogP contribution >= 0.6 is 0 Å². The van der Waals surface area contributed by atoms with Crippen molar-refractivity contribution < 1.29 is 26.9 Å². The Morgan fingerprint density at radius 3 is 1.80 bits per heavy atom. The molecule has 1 aliphatic heterocycles. The minimum atomic E-state index is -4.35. The largest absolute Gasteiger partial charge is 0.524 e. The van der Waals surface area contributed by atoms with Gasteiger partial charge in [0.25, 0.3) is 0 Å². The number of hydrogen-bond acceptors (Lipinski definition) is 2. The van der Waals surface area contributed by atoms with Gasteiger partial charge in [-0.2, -0.15) is 13.2 Å². The standard InChI is InChI=1S/C13H21BF4O2/c1-10(2,8-13(16,17)18)7-9(15)14-19-11(3,4)12(5,6)20-14/h7H,8H2,1-6H3. The molecule has 0 saturated carbocycles. The Morgan fingerprint density at radius 2 is 1.45 bits per heavy atom. The van der Waals surface area contributed by atoms with Crippen LogP contribution in [0.2, 0.25) is 0 Å². The molecule has 0 amide bonds. The second kappa shape index (κ2) is 5.02. The fraction of sp³-hybridized carbons (Fsp3) is 0.846. The molecule has 0 aromatic carbocycles. The number of rotatable bonds is 3. The Balaban J connectivity index is 2.86. The quantitative estimate of drug-likeness (QED) is 0.566. The zero-order chi connectivity index (χ0) is 16.0. The first-order valence-electron chi connectivity index (χ1n) is 6.46. The van der Waals surface area contributed by atoms with Gasteiger partial charge in [-0.05, 0) is 33.1 Å². The highest BCUT2D eigenvalue weighted by Crippen LogP contribution is 2.41. The molecule has 1 rings (SSSR count). The lowest BCUT2D eigenvalue weighted by atomic mass is 9.80. The van der Waals surface area contributed by atoms with Crippen molar-refractivity contribution in [1.82, 2.24) is 0 Å². The number of hydrogen-bond donors (Lipinski definition) is 0. The van der Waals surface area contributed by atoms with Crippen LogP contribution in [0.5, 0.6) is 0 Å². The average Bonchev–Trinajstić information content (AvgIpc) is 2.30. The molecule has 0 spiro atoms. The summed E-state index contributed by atoms with van der Waals surface area (Å²) in [7, 11) is -1.26. The van der Waals surface area contributed by atoms with Crippen molar-refractivity contribution in [2.75, 3.05) is 0 Å². The second-order valence-electron chi connectivity index (χ2n) is 6.90. The summed E-state index contributed by atoms with van der Waals surface area (Å²) in [4.78, 5) is 0. The maximum absolute atomic E-state index is 14.1. The van der Waals surface area contributed by atoms with Crippen molar-refractivity contribution in [2.45, 2.75) is 65.3 Å². The molecule has 7 heteroatoms. The molecule has 1 heterocycles. The first kappa shape index (κ1) is 17.5. The molecule has 0 atom stereocenters. The Hall–Kier alpha value is -0.555. The van der Waals surface area contributed by atoms with Gasteiger partial charge >= 0.3 is 13.3 Å². The molecule has 0 radical (unpaired) electrons. The number of allylic oxidation sites excluding steroid dienone is 1. The fourth-order valence-corrected chi connectivity index (χ4v) is 1.96. The molecule has 2 nitrogen and oxygen atoms in total. The third kappa shape index (κ3) is 4.22. The first-order valence-corrected chi connectivity index (χ1v) is 6.46. The van der Waals surface area contributed by atoms with E-state index in [4.69, 9.17) is 9.31 Å². The van der Waals surface area contributed by atoms with Crippen LogP contribution in [0.15, 0.2) is 11.8 Å². The number of halogens is 4. The molecule has 0 bridgehead atoms. The monoisotopic (exact) mass is 296 g/mol. The fourth-order valence-electron chi connectivity index (χ4n) is 1.96. The highest BCUT2D eigenvalue weighted by Gasteiger charge is 2.53. The van der Waals surface area contributed by atoms with Gasteiger partial charge in [0.15, 0.2) is 0 Å². The summed E-state index contributed by atoms with van der Waals surface area (Å²) in [5.41, 5.74) is -3.63. The van der Waals surface area contributed by atoms with E-state index in [9.17, 15) is 17.6 Å². The van der Waals surface area contributed by atoms with Gasteiger partial charge in [-0.15, -0.1) is 0 Å². The van der Waals surface area contributed by atoms with E-state index in [1.54, 1.807) is 27.7 Å². The van der Waals surface area contributed by atoms with E-state index in [0.29, 0.717) is 0 Å². The maximum atomic E-state index is 14.1. The van der Waals surface area contributed by atoms with Gasteiger partial charge in [0.2, 0.25) is 0 Å². The molecular weight excluding hydrogens is 275 g/mol. The molecule has 0 N–H and O–H groups in total. The summed E-state index contributed by atoms with van der Waals surface area (Å²) in [5.74, 6) is 0. The zero-order valence-corrected chi connectivity index (χ0v) is 12.7. The maximum Gasteiger partial charge on any atom is 0.524 e. The van der Waals surface area contributed by atoms with Crippen molar-refractivity contribution >= 4 is 7.12 Å². The summed E-state index contributed by atoms with van der Waals surface area (Å²) in [6.07, 6.45) is -4.52. The predicted molar refractivity (Wildman–Crippen MR) is 69.7 cm³/mol. The van der Waals surface area contributed by atoms with Crippen molar-refractivity contribution in [3.8, 4) is 0 Å². The highest BCUT2D eigenvalue weighted by molar-refractivity contribution is 6.53. The molecule has 0 aliphatic carbocycles. The van der Waals surface area contributed by atoms with Gasteiger partial charge in [-0.1, -0.05) is 19.9 Å². The lowest BCUT2D eigenvalue weighted by molar-refractivity contribution is -0.149. The molecule has 0 aromatic rings. The second-order valence-corrected chi connectivity index (χ2v) is 6.90. The van der Waals surface area contributed by atoms with Crippen LogP contribution in [-0.2, 0) is 9.31 Å². The van der Waals surface area contributed by atoms with Gasteiger partial charge in [-0.3, -0.25) is 0 Å². The normalized spacial score (nSPS) is 23.3. The molecule has 0 aromatic heterocycles. The molecule has 1 aliphatic rings. The van der Waals surface area contributed by atoms with Gasteiger partial charge in [0.05, 0.1) is 17.6 Å². The zero-order valence-electron chi connectivity index (χ0n) is 12.7. The molecule has 20 heavy (non-hydrogen) atoms. The Morgan fingerprint density at radius 1 is 1.05 bits per heavy atom. The van der Waals surface area contributed by atoms with E-state index in [-0.39, 0.29) is 0 Å². The van der Waals surface area contributed by atoms with E-state index in [1.807, 2.05) is 0 Å². The van der Waals surface area contributed by atoms with E-state index in [2.05, 4.69) is 0 Å². The van der Waals surface area contributed by atoms with E-state index in [0.717, 1.165) is 6.08 Å². The summed E-state index contributed by atoms with van der Waals surface area (Å²) in [6.45, 7) is 9.65. The van der Waals surface area contributed by atoms with Gasteiger partial charge in [0, 0.05) is 0 Å². The molecule has 0 unspecified atom stereocenters. The third-order valence-corrected chi connectivity index (χ3v) is 3.66. The Bertz CT molecular complexity index is 384. The van der Waals surface area contributed by atoms with Gasteiger partial charge in [0.1, 0.15) is 5.73 Å². The summed E-state index contributed by atoms with van der Waals surface area (Å²) in [6, 6.07) is 0. The smallest absolute Gasteiger partial charge is 0.398 e. The van der Waals surface area contributed by atoms with Crippen LogP contribution in [-0.4, -0.2) is 24.5 Å². The molecule has 1 fully saturated rings. The van der Waals surface area contributed by atoms with Crippen molar-refractivity contribution in [3.05, 3.63) is 11.8 Å². The lowest BCUT2D eigenvalue weighted by Gasteiger charge is -2.32. The lowest BCUT2D eigenvalue weighted by Crippen LogP contribution is -2.41. The van der Waals surface area contributed by atoms with Crippen molar-refractivity contribution in [1.29, 1.82) is 0 Å². The molecule has 116 valence electrons. The van der Waals surface area contributed by atoms with E-state index >= 15 is 0 Å². The highest BCUT2D eigenvalue weighted by atomic mass is 19.4. The van der Waals surface area contributed by atoms with Crippen LogP contribution in [0.3, 0.4) is 0 Å². The first-order chi connectivity index (χ1) is 8.65. The van der Waals surface area contributed by atoms with Crippen LogP contribution in [0.4, 0.5) is 17.6 Å².